The van der Waals surface area contributed by atoms with E-state index >= 15 is 0 Å². The van der Waals surface area contributed by atoms with E-state index in [1.807, 2.05) is 0 Å². The molecule has 4 rings (SSSR count). The van der Waals surface area contributed by atoms with E-state index in [1.165, 1.54) is 11.3 Å². The Labute approximate surface area is 213 Å². The molecule has 1 aromatic carbocycles. The highest BCUT2D eigenvalue weighted by atomic mass is 32.1. The summed E-state index contributed by atoms with van der Waals surface area (Å²) in [5.41, 5.74) is 19.5. The molecule has 1 aliphatic heterocycles. The minimum atomic E-state index is -0.530. The van der Waals surface area contributed by atoms with Crippen LogP contribution in [-0.2, 0) is 11.2 Å². The van der Waals surface area contributed by atoms with Crippen LogP contribution in [0.2, 0.25) is 0 Å². The predicted molar refractivity (Wildman–Crippen MR) is 143 cm³/mol. The molecule has 11 heteroatoms. The van der Waals surface area contributed by atoms with E-state index in [4.69, 9.17) is 22.2 Å². The van der Waals surface area contributed by atoms with E-state index in [-0.39, 0.29) is 18.5 Å². The minimum absolute atomic E-state index is 0.152. The molecule has 8 N–H and O–H groups in total. The van der Waals surface area contributed by atoms with Crippen LogP contribution in [0.25, 0.3) is 10.2 Å². The number of nitrogens with zero attached hydrogens (tertiary/aromatic N) is 2. The normalized spacial score (nSPS) is 14.2. The number of aryl methyl sites for hydroxylation is 1. The molecule has 0 spiro atoms. The summed E-state index contributed by atoms with van der Waals surface area (Å²) < 4.78 is 0. The Balaban J connectivity index is 1.35. The first kappa shape index (κ1) is 25.4. The number of nitrogens with two attached hydrogens (primary N) is 3. The zero-order valence-electron chi connectivity index (χ0n) is 20.2. The lowest BCUT2D eigenvalue weighted by molar-refractivity contribution is -0.115. The van der Waals surface area contributed by atoms with Crippen molar-refractivity contribution in [2.24, 2.45) is 11.5 Å². The first-order valence-electron chi connectivity index (χ1n) is 12.0. The van der Waals surface area contributed by atoms with E-state index in [2.05, 4.69) is 28.5 Å². The van der Waals surface area contributed by atoms with Gasteiger partial charge in [0.2, 0.25) is 11.8 Å². The number of benzene rings is 1. The molecule has 10 nitrogen and oxygen atoms in total. The number of aromatic nitrogens is 1. The molecular formula is C25H31N7O3S. The average molecular weight is 510 g/mol. The largest absolute Gasteiger partial charge is 0.397 e. The van der Waals surface area contributed by atoms with Gasteiger partial charge in [0.25, 0.3) is 5.91 Å². The van der Waals surface area contributed by atoms with Crippen molar-refractivity contribution in [1.29, 1.82) is 0 Å². The van der Waals surface area contributed by atoms with Crippen molar-refractivity contribution >= 4 is 56.5 Å². The van der Waals surface area contributed by atoms with E-state index in [0.29, 0.717) is 21.8 Å². The van der Waals surface area contributed by atoms with Crippen LogP contribution < -0.4 is 32.7 Å². The van der Waals surface area contributed by atoms with Crippen molar-refractivity contribution in [1.82, 2.24) is 10.3 Å². The maximum absolute atomic E-state index is 12.3. The average Bonchev–Trinajstić information content (AvgIpc) is 3.20. The summed E-state index contributed by atoms with van der Waals surface area (Å²) in [6.07, 6.45) is 3.51. The SMILES string of the molecule is CCCc1cc(N2CCC(NCC(=O)Nc3ccc(C(N)=O)cc3)CC2)nc2sc(C(N)=O)c(N)c12. The van der Waals surface area contributed by atoms with E-state index in [9.17, 15) is 14.4 Å². The third-order valence-electron chi connectivity index (χ3n) is 6.33. The van der Waals surface area contributed by atoms with Gasteiger partial charge in [0.15, 0.2) is 0 Å². The number of anilines is 3. The predicted octanol–water partition coefficient (Wildman–Crippen LogP) is 2.23. The van der Waals surface area contributed by atoms with Gasteiger partial charge in [-0.2, -0.15) is 0 Å². The lowest BCUT2D eigenvalue weighted by Crippen LogP contribution is -2.45. The number of thiophene rings is 1. The highest BCUT2D eigenvalue weighted by Gasteiger charge is 2.24. The standard InChI is InChI=1S/C25H31N7O3S/c1-2-3-15-12-18(31-25-20(15)21(26)22(36-25)24(28)35)32-10-8-16(9-11-32)29-13-19(33)30-17-6-4-14(5-7-17)23(27)34/h4-7,12,16,29H,2-3,8-11,13,26H2,1H3,(H2,27,34)(H2,28,35)(H,30,33). The molecule has 36 heavy (non-hydrogen) atoms. The lowest BCUT2D eigenvalue weighted by atomic mass is 10.0. The quantitative estimate of drug-likeness (QED) is 0.294. The number of hydrogen-bond donors (Lipinski definition) is 5. The number of amides is 3. The van der Waals surface area contributed by atoms with Crippen LogP contribution in [0.5, 0.6) is 0 Å². The number of primary amides is 2. The van der Waals surface area contributed by atoms with Crippen molar-refractivity contribution in [3.8, 4) is 0 Å². The molecule has 0 aliphatic carbocycles. The maximum atomic E-state index is 12.3. The summed E-state index contributed by atoms with van der Waals surface area (Å²) in [7, 11) is 0. The van der Waals surface area contributed by atoms with Gasteiger partial charge in [0, 0.05) is 35.8 Å². The minimum Gasteiger partial charge on any atom is -0.397 e. The van der Waals surface area contributed by atoms with Crippen LogP contribution in [0.1, 0.15) is 51.8 Å². The molecule has 0 unspecified atom stereocenters. The fraction of sp³-hybridized carbons (Fsp3) is 0.360. The third-order valence-corrected chi connectivity index (χ3v) is 7.45. The molecule has 190 valence electrons. The lowest BCUT2D eigenvalue weighted by Gasteiger charge is -2.33. The van der Waals surface area contributed by atoms with Crippen LogP contribution in [0.4, 0.5) is 17.2 Å². The summed E-state index contributed by atoms with van der Waals surface area (Å²) in [5.74, 6) is -0.314. The van der Waals surface area contributed by atoms with Gasteiger partial charge >= 0.3 is 0 Å². The molecule has 0 bridgehead atoms. The third kappa shape index (κ3) is 5.58. The first-order chi connectivity index (χ1) is 17.3. The van der Waals surface area contributed by atoms with E-state index in [0.717, 1.165) is 60.4 Å². The number of carbonyl (C=O) groups excluding carboxylic acids is 3. The molecule has 1 aliphatic rings. The number of piperidine rings is 1. The topological polar surface area (TPSA) is 169 Å². The Morgan fingerprint density at radius 2 is 1.81 bits per heavy atom. The van der Waals surface area contributed by atoms with Gasteiger partial charge in [0.1, 0.15) is 15.5 Å². The van der Waals surface area contributed by atoms with Gasteiger partial charge in [-0.3, -0.25) is 14.4 Å². The van der Waals surface area contributed by atoms with Crippen LogP contribution in [-0.4, -0.2) is 48.4 Å². The summed E-state index contributed by atoms with van der Waals surface area (Å²) in [6.45, 7) is 3.88. The van der Waals surface area contributed by atoms with Gasteiger partial charge in [-0.1, -0.05) is 13.3 Å². The number of rotatable bonds is 9. The highest BCUT2D eigenvalue weighted by Crippen LogP contribution is 2.37. The number of nitrogens with one attached hydrogen (secondary N) is 2. The molecule has 2 aromatic heterocycles. The van der Waals surface area contributed by atoms with Crippen LogP contribution in [0, 0.1) is 0 Å². The summed E-state index contributed by atoms with van der Waals surface area (Å²) in [6, 6.07) is 8.75. The summed E-state index contributed by atoms with van der Waals surface area (Å²) in [5, 5.41) is 6.98. The fourth-order valence-corrected chi connectivity index (χ4v) is 5.46. The first-order valence-corrected chi connectivity index (χ1v) is 12.8. The number of nitrogen functional groups attached to an aromatic ring is 1. The molecule has 0 radical (unpaired) electrons. The Hall–Kier alpha value is -3.70. The maximum Gasteiger partial charge on any atom is 0.260 e. The summed E-state index contributed by atoms with van der Waals surface area (Å²) in [4.78, 5) is 43.4. The zero-order chi connectivity index (χ0) is 25.8. The monoisotopic (exact) mass is 509 g/mol. The molecule has 3 heterocycles. The van der Waals surface area contributed by atoms with Gasteiger partial charge < -0.3 is 32.7 Å². The molecule has 3 aromatic rings. The second-order valence-electron chi connectivity index (χ2n) is 8.91. The van der Waals surface area contributed by atoms with E-state index in [1.54, 1.807) is 24.3 Å². The molecular weight excluding hydrogens is 478 g/mol. The van der Waals surface area contributed by atoms with Gasteiger partial charge in [-0.05, 0) is 55.2 Å². The highest BCUT2D eigenvalue weighted by molar-refractivity contribution is 7.21. The van der Waals surface area contributed by atoms with Crippen molar-refractivity contribution in [2.45, 2.75) is 38.6 Å². The van der Waals surface area contributed by atoms with Gasteiger partial charge in [-0.15, -0.1) is 11.3 Å². The van der Waals surface area contributed by atoms with Crippen molar-refractivity contribution in [3.63, 3.8) is 0 Å². The second-order valence-corrected chi connectivity index (χ2v) is 9.91. The number of fused-ring (bicyclic) bond motifs is 1. The number of carbonyl (C=O) groups is 3. The van der Waals surface area contributed by atoms with Crippen LogP contribution in [0.3, 0.4) is 0 Å². The Kier molecular flexibility index (Phi) is 7.70. The van der Waals surface area contributed by atoms with Gasteiger partial charge in [-0.25, -0.2) is 4.98 Å². The Morgan fingerprint density at radius 1 is 1.11 bits per heavy atom. The smallest absolute Gasteiger partial charge is 0.260 e. The number of pyridine rings is 1. The number of hydrogen-bond acceptors (Lipinski definition) is 8. The summed E-state index contributed by atoms with van der Waals surface area (Å²) >= 11 is 1.25. The van der Waals surface area contributed by atoms with Crippen molar-refractivity contribution < 1.29 is 14.4 Å². The molecule has 1 fully saturated rings. The Morgan fingerprint density at radius 3 is 2.42 bits per heavy atom. The molecule has 1 saturated heterocycles. The van der Waals surface area contributed by atoms with E-state index < -0.39 is 11.8 Å². The zero-order valence-corrected chi connectivity index (χ0v) is 21.0. The molecule has 0 atom stereocenters. The van der Waals surface area contributed by atoms with Crippen molar-refractivity contribution in [2.75, 3.05) is 35.6 Å². The van der Waals surface area contributed by atoms with Crippen LogP contribution in [0.15, 0.2) is 30.3 Å². The van der Waals surface area contributed by atoms with Crippen molar-refractivity contribution in [3.05, 3.63) is 46.3 Å². The fourth-order valence-electron chi connectivity index (χ4n) is 4.47. The molecule has 3 amide bonds. The van der Waals surface area contributed by atoms with Crippen LogP contribution >= 0.6 is 11.3 Å². The Bertz CT molecular complexity index is 1280. The van der Waals surface area contributed by atoms with Gasteiger partial charge in [0.05, 0.1) is 12.2 Å². The molecule has 0 saturated carbocycles. The second kappa shape index (κ2) is 10.9.